The first-order valence-corrected chi connectivity index (χ1v) is 45.1. The Bertz CT molecular complexity index is 7300. The molecule has 0 spiro atoms. The molecule has 22 rings (SSSR count). The summed E-state index contributed by atoms with van der Waals surface area (Å²) in [5.41, 5.74) is 43.9. The van der Waals surface area contributed by atoms with Gasteiger partial charge in [0, 0.05) is 79.1 Å². The summed E-state index contributed by atoms with van der Waals surface area (Å²) in [6.07, 6.45) is 0. The fourth-order valence-electron chi connectivity index (χ4n) is 19.9. The largest absolute Gasteiger partial charge is 0.311 e. The minimum absolute atomic E-state index is 0.130. The van der Waals surface area contributed by atoms with Crippen LogP contribution in [0.25, 0.3) is 122 Å². The minimum atomic E-state index is -0.211. The minimum Gasteiger partial charge on any atom is -0.311 e. The average molecular weight is 1660 g/mol. The van der Waals surface area contributed by atoms with Crippen LogP contribution in [0.5, 0.6) is 0 Å². The van der Waals surface area contributed by atoms with Crippen molar-refractivity contribution in [3.63, 3.8) is 0 Å². The van der Waals surface area contributed by atoms with Gasteiger partial charge in [0.25, 0.3) is 0 Å². The highest BCUT2D eigenvalue weighted by molar-refractivity contribution is 5.95. The molecule has 0 fully saturated rings. The first-order chi connectivity index (χ1) is 63.9. The molecular formula is C126H94N4. The number of rotatable bonds is 21. The van der Waals surface area contributed by atoms with Crippen LogP contribution in [0.1, 0.15) is 49.9 Å². The van der Waals surface area contributed by atoms with E-state index in [1.165, 1.54) is 100 Å². The monoisotopic (exact) mass is 1660 g/mol. The van der Waals surface area contributed by atoms with Crippen molar-refractivity contribution in [2.24, 2.45) is 0 Å². The molecule has 0 saturated carbocycles. The van der Waals surface area contributed by atoms with Gasteiger partial charge in [-0.2, -0.15) is 0 Å². The Kier molecular flexibility index (Phi) is 20.7. The molecule has 4 nitrogen and oxygen atoms in total. The maximum absolute atomic E-state index is 2.44. The van der Waals surface area contributed by atoms with Crippen LogP contribution in [0.4, 0.5) is 68.2 Å². The normalized spacial score (nSPS) is 12.4. The Morgan fingerprint density at radius 3 is 0.585 bits per heavy atom. The van der Waals surface area contributed by atoms with Gasteiger partial charge >= 0.3 is 0 Å². The molecule has 0 aromatic heterocycles. The first kappa shape index (κ1) is 79.5. The third-order valence-electron chi connectivity index (χ3n) is 26.7. The lowest BCUT2D eigenvalue weighted by Crippen LogP contribution is -2.16. The molecule has 4 heteroatoms. The second-order valence-electron chi connectivity index (χ2n) is 35.2. The van der Waals surface area contributed by atoms with Gasteiger partial charge in [-0.3, -0.25) is 0 Å². The number of hydrogen-bond acceptors (Lipinski definition) is 4. The maximum Gasteiger partial charge on any atom is 0.0465 e. The van der Waals surface area contributed by atoms with Crippen molar-refractivity contribution < 1.29 is 0 Å². The number of nitrogens with zero attached hydrogens (tertiary/aromatic N) is 4. The number of anilines is 12. The highest BCUT2D eigenvalue weighted by Crippen LogP contribution is 2.54. The topological polar surface area (TPSA) is 13.0 Å². The molecule has 2 aliphatic carbocycles. The van der Waals surface area contributed by atoms with Gasteiger partial charge in [0.15, 0.2) is 0 Å². The number of fused-ring (bicyclic) bond motifs is 6. The maximum atomic E-state index is 2.44. The molecule has 618 valence electrons. The van der Waals surface area contributed by atoms with E-state index in [0.29, 0.717) is 0 Å². The Morgan fingerprint density at radius 1 is 0.115 bits per heavy atom. The standard InChI is InChI=1S/C126H94N4/c1-125(2)121-40-24-22-38-116(121)118-82-79-111(85-123(118)125)129(101-34-18-9-19-35-101)109-73-52-96(53-74-109)113-36-20-21-37-114(113)97-54-75-110(76-55-97)130(112-80-83-119-117-39-23-25-41-122(117)126(3,4)124(119)86-112)108-69-50-95(51-70-108)100-60-81-115(98-56-71-106(72-57-98)127(102-61-42-91(43-62-102)87-26-10-5-11-27-87)103-63-44-92(45-64-103)88-28-12-6-13-29-88)120(84-100)99-58-77-107(78-59-99)128(104-65-46-93(47-66-104)89-30-14-7-15-31-89)105-67-48-94(49-68-105)90-32-16-8-17-33-90/h5-86H,1-4H3. The van der Waals surface area contributed by atoms with Crippen LogP contribution in [-0.4, -0.2) is 0 Å². The van der Waals surface area contributed by atoms with Gasteiger partial charge in [0.2, 0.25) is 0 Å². The van der Waals surface area contributed by atoms with Crippen LogP contribution in [0, 0.1) is 0 Å². The van der Waals surface area contributed by atoms with E-state index in [1.807, 2.05) is 0 Å². The lowest BCUT2D eigenvalue weighted by atomic mass is 9.82. The fraction of sp³-hybridized carbons (Fsp3) is 0.0476. The number of para-hydroxylation sites is 1. The van der Waals surface area contributed by atoms with Gasteiger partial charge in [-0.25, -0.2) is 0 Å². The summed E-state index contributed by atoms with van der Waals surface area (Å²) in [5.74, 6) is 0. The molecule has 0 saturated heterocycles. The Labute approximate surface area is 763 Å². The van der Waals surface area contributed by atoms with E-state index >= 15 is 0 Å². The van der Waals surface area contributed by atoms with E-state index in [9.17, 15) is 0 Å². The van der Waals surface area contributed by atoms with Crippen molar-refractivity contribution in [3.8, 4) is 122 Å². The summed E-state index contributed by atoms with van der Waals surface area (Å²) in [6.45, 7) is 9.46. The SMILES string of the molecule is CC1(C)c2ccccc2-c2ccc(N(c3ccccc3)c3ccc(-c4ccccc4-c4ccc(N(c5ccc(-c6ccc(-c7ccc(N(c8ccc(-c9ccccc9)cc8)c8ccc(-c9ccccc9)cc8)cc7)c(-c7ccc(N(c8ccc(-c9ccccc9)cc8)c8ccc(-c9ccccc9)cc8)cc7)c6)cc5)c5ccc6c(c5)C(C)(C)c5ccccc5-6)cc4)cc3)cc21. The van der Waals surface area contributed by atoms with Gasteiger partial charge in [0.05, 0.1) is 0 Å². The quantitative estimate of drug-likeness (QED) is 0.0711. The summed E-state index contributed by atoms with van der Waals surface area (Å²) in [6, 6.07) is 183. The number of hydrogen-bond donors (Lipinski definition) is 0. The van der Waals surface area contributed by atoms with E-state index in [0.717, 1.165) is 113 Å². The van der Waals surface area contributed by atoms with Gasteiger partial charge in [-0.15, -0.1) is 0 Å². The Balaban J connectivity index is 0.624. The highest BCUT2D eigenvalue weighted by atomic mass is 15.2. The zero-order valence-corrected chi connectivity index (χ0v) is 73.1. The third-order valence-corrected chi connectivity index (χ3v) is 26.7. The van der Waals surface area contributed by atoms with Gasteiger partial charge < -0.3 is 19.6 Å². The third kappa shape index (κ3) is 15.0. The number of benzene rings is 20. The molecule has 20 aromatic carbocycles. The lowest BCUT2D eigenvalue weighted by molar-refractivity contribution is 0.660. The molecule has 20 aromatic rings. The summed E-state index contributed by atoms with van der Waals surface area (Å²) >= 11 is 0. The molecule has 0 amide bonds. The van der Waals surface area contributed by atoms with Crippen molar-refractivity contribution in [1.82, 2.24) is 0 Å². The Morgan fingerprint density at radius 2 is 0.292 bits per heavy atom. The van der Waals surface area contributed by atoms with Crippen LogP contribution in [0.15, 0.2) is 497 Å². The molecule has 0 aliphatic heterocycles. The molecule has 130 heavy (non-hydrogen) atoms. The van der Waals surface area contributed by atoms with Gasteiger partial charge in [0.1, 0.15) is 0 Å². The van der Waals surface area contributed by atoms with Crippen LogP contribution in [0.2, 0.25) is 0 Å². The van der Waals surface area contributed by atoms with Crippen LogP contribution < -0.4 is 19.6 Å². The van der Waals surface area contributed by atoms with E-state index in [1.54, 1.807) is 0 Å². The Hall–Kier alpha value is -16.4. The van der Waals surface area contributed by atoms with E-state index in [2.05, 4.69) is 545 Å². The molecule has 0 atom stereocenters. The highest BCUT2D eigenvalue weighted by Gasteiger charge is 2.38. The van der Waals surface area contributed by atoms with Gasteiger partial charge in [-0.1, -0.05) is 373 Å². The smallest absolute Gasteiger partial charge is 0.0465 e. The van der Waals surface area contributed by atoms with Crippen molar-refractivity contribution in [3.05, 3.63) is 520 Å². The zero-order valence-electron chi connectivity index (χ0n) is 73.1. The molecule has 0 radical (unpaired) electrons. The molecule has 0 bridgehead atoms. The molecule has 2 aliphatic rings. The molecule has 0 heterocycles. The van der Waals surface area contributed by atoms with Crippen molar-refractivity contribution >= 4 is 68.2 Å². The predicted molar refractivity (Wildman–Crippen MR) is 549 cm³/mol. The van der Waals surface area contributed by atoms with Crippen molar-refractivity contribution in [2.45, 2.75) is 38.5 Å². The predicted octanol–water partition coefficient (Wildman–Crippen LogP) is 35.2. The molecule has 0 unspecified atom stereocenters. The summed E-state index contributed by atoms with van der Waals surface area (Å²) in [4.78, 5) is 9.57. The fourth-order valence-corrected chi connectivity index (χ4v) is 19.9. The second-order valence-corrected chi connectivity index (χ2v) is 35.2. The van der Waals surface area contributed by atoms with Crippen LogP contribution >= 0.6 is 0 Å². The molecular weight excluding hydrogens is 1570 g/mol. The van der Waals surface area contributed by atoms with E-state index < -0.39 is 0 Å². The van der Waals surface area contributed by atoms with E-state index in [-0.39, 0.29) is 10.8 Å². The van der Waals surface area contributed by atoms with Crippen LogP contribution in [-0.2, 0) is 10.8 Å². The summed E-state index contributed by atoms with van der Waals surface area (Å²) in [7, 11) is 0. The van der Waals surface area contributed by atoms with E-state index in [4.69, 9.17) is 0 Å². The summed E-state index contributed by atoms with van der Waals surface area (Å²) < 4.78 is 0. The second kappa shape index (κ2) is 33.8. The lowest BCUT2D eigenvalue weighted by Gasteiger charge is -2.28. The summed E-state index contributed by atoms with van der Waals surface area (Å²) in [5, 5.41) is 0. The van der Waals surface area contributed by atoms with Crippen molar-refractivity contribution in [1.29, 1.82) is 0 Å². The zero-order chi connectivity index (χ0) is 87.2. The van der Waals surface area contributed by atoms with Crippen molar-refractivity contribution in [2.75, 3.05) is 19.6 Å². The average Bonchev–Trinajstić information content (AvgIpc) is 1.58. The molecule has 0 N–H and O–H groups in total. The van der Waals surface area contributed by atoms with Gasteiger partial charge in [-0.05, 0) is 296 Å². The van der Waals surface area contributed by atoms with Crippen LogP contribution in [0.3, 0.4) is 0 Å². The first-order valence-electron chi connectivity index (χ1n) is 45.1.